The van der Waals surface area contributed by atoms with E-state index in [0.717, 1.165) is 33.9 Å². The third kappa shape index (κ3) is 5.39. The summed E-state index contributed by atoms with van der Waals surface area (Å²) in [4.78, 5) is 9.90. The van der Waals surface area contributed by atoms with Gasteiger partial charge >= 0.3 is 0 Å². The molecule has 0 radical (unpaired) electrons. The Kier molecular flexibility index (Phi) is 6.94. The summed E-state index contributed by atoms with van der Waals surface area (Å²) >= 11 is 0. The molecule has 0 N–H and O–H groups in total. The van der Waals surface area contributed by atoms with Crippen molar-refractivity contribution in [3.05, 3.63) is 170 Å². The summed E-state index contributed by atoms with van der Waals surface area (Å²) in [7, 11) is 0. The Labute approximate surface area is 246 Å². The van der Waals surface area contributed by atoms with E-state index in [2.05, 4.69) is 133 Å². The fourth-order valence-electron chi connectivity index (χ4n) is 5.29. The second-order valence-corrected chi connectivity index (χ2v) is 10.3. The molecule has 7 aromatic rings. The van der Waals surface area contributed by atoms with Crippen molar-refractivity contribution in [3.63, 3.8) is 0 Å². The Morgan fingerprint density at radius 2 is 0.571 bits per heavy atom. The van der Waals surface area contributed by atoms with Gasteiger partial charge in [-0.25, -0.2) is 9.97 Å². The first kappa shape index (κ1) is 25.4. The zero-order valence-electron chi connectivity index (χ0n) is 23.1. The molecule has 0 aliphatic rings. The van der Waals surface area contributed by atoms with E-state index < -0.39 is 0 Å². The van der Waals surface area contributed by atoms with E-state index in [9.17, 15) is 0 Å². The molecule has 0 atom stereocenters. The largest absolute Gasteiger partial charge is 0.228 e. The van der Waals surface area contributed by atoms with Crippen molar-refractivity contribution in [2.75, 3.05) is 0 Å². The van der Waals surface area contributed by atoms with Crippen molar-refractivity contribution in [1.82, 2.24) is 9.97 Å². The van der Waals surface area contributed by atoms with Gasteiger partial charge in [0.05, 0.1) is 11.4 Å². The Morgan fingerprint density at radius 3 is 1.07 bits per heavy atom. The average Bonchev–Trinajstić information content (AvgIpc) is 3.09. The molecular weight excluding hydrogens is 508 g/mol. The molecule has 2 heteroatoms. The van der Waals surface area contributed by atoms with E-state index in [1.165, 1.54) is 33.4 Å². The predicted octanol–water partition coefficient (Wildman–Crippen LogP) is 10.5. The average molecular weight is 537 g/mol. The molecular formula is C40H28N2. The topological polar surface area (TPSA) is 25.8 Å². The van der Waals surface area contributed by atoms with E-state index in [1.807, 2.05) is 36.4 Å². The maximum absolute atomic E-state index is 4.98. The fourth-order valence-corrected chi connectivity index (χ4v) is 5.29. The normalized spacial score (nSPS) is 10.9. The van der Waals surface area contributed by atoms with Crippen molar-refractivity contribution in [1.29, 1.82) is 0 Å². The third-order valence-corrected chi connectivity index (χ3v) is 7.51. The third-order valence-electron chi connectivity index (χ3n) is 7.51. The summed E-state index contributed by atoms with van der Waals surface area (Å²) in [6, 6.07) is 59.2. The summed E-state index contributed by atoms with van der Waals surface area (Å²) in [5.74, 6) is 0.724. The van der Waals surface area contributed by atoms with Gasteiger partial charge in [-0.2, -0.15) is 0 Å². The monoisotopic (exact) mass is 536 g/mol. The minimum atomic E-state index is 0.724. The zero-order valence-corrected chi connectivity index (χ0v) is 23.1. The van der Waals surface area contributed by atoms with Crippen LogP contribution in [-0.4, -0.2) is 9.97 Å². The van der Waals surface area contributed by atoms with Gasteiger partial charge in [-0.3, -0.25) is 0 Å². The van der Waals surface area contributed by atoms with E-state index >= 15 is 0 Å². The minimum Gasteiger partial charge on any atom is -0.228 e. The molecule has 0 bridgehead atoms. The van der Waals surface area contributed by atoms with Crippen LogP contribution in [0.4, 0.5) is 0 Å². The predicted molar refractivity (Wildman–Crippen MR) is 175 cm³/mol. The number of benzene rings is 6. The molecule has 2 nitrogen and oxygen atoms in total. The highest BCUT2D eigenvalue weighted by Crippen LogP contribution is 2.32. The van der Waals surface area contributed by atoms with Gasteiger partial charge in [-0.1, -0.05) is 152 Å². The lowest BCUT2D eigenvalue weighted by Gasteiger charge is -2.11. The smallest absolute Gasteiger partial charge is 0.160 e. The summed E-state index contributed by atoms with van der Waals surface area (Å²) in [5.41, 5.74) is 12.1. The summed E-state index contributed by atoms with van der Waals surface area (Å²) in [5, 5.41) is 0. The Balaban J connectivity index is 1.22. The number of hydrogen-bond donors (Lipinski definition) is 0. The van der Waals surface area contributed by atoms with E-state index in [-0.39, 0.29) is 0 Å². The van der Waals surface area contributed by atoms with Crippen LogP contribution in [0, 0.1) is 0 Å². The SMILES string of the molecule is c1ccc(-c2cccc(-c3cccc(-c4ccc(-c5cc(-c6ccccc6)nc(-c6ccccc6)n5)cc4)c3)c2)cc1. The first-order valence-electron chi connectivity index (χ1n) is 14.2. The highest BCUT2D eigenvalue weighted by molar-refractivity contribution is 5.78. The molecule has 0 aliphatic carbocycles. The molecule has 6 aromatic carbocycles. The second kappa shape index (κ2) is 11.5. The molecule has 0 amide bonds. The Hall–Kier alpha value is -5.60. The van der Waals surface area contributed by atoms with E-state index in [0.29, 0.717) is 0 Å². The first-order chi connectivity index (χ1) is 20.8. The molecule has 0 spiro atoms. The standard InChI is InChI=1S/C40H28N2/c1-4-12-29(13-5-1)34-18-10-20-36(26-34)37-21-11-19-35(27-37)30-22-24-32(25-23-30)39-28-38(31-14-6-2-7-15-31)41-40(42-39)33-16-8-3-9-17-33/h1-28H. The van der Waals surface area contributed by atoms with Gasteiger partial charge in [-0.15, -0.1) is 0 Å². The summed E-state index contributed by atoms with van der Waals surface area (Å²) in [6.07, 6.45) is 0. The van der Waals surface area contributed by atoms with Crippen LogP contribution in [-0.2, 0) is 0 Å². The van der Waals surface area contributed by atoms with Crippen LogP contribution in [0.5, 0.6) is 0 Å². The van der Waals surface area contributed by atoms with Crippen LogP contribution in [0.1, 0.15) is 0 Å². The Morgan fingerprint density at radius 1 is 0.238 bits per heavy atom. The number of nitrogens with zero attached hydrogens (tertiary/aromatic N) is 2. The van der Waals surface area contributed by atoms with Gasteiger partial charge in [0.25, 0.3) is 0 Å². The molecule has 1 heterocycles. The van der Waals surface area contributed by atoms with Crippen LogP contribution in [0.15, 0.2) is 170 Å². The van der Waals surface area contributed by atoms with Crippen LogP contribution < -0.4 is 0 Å². The number of hydrogen-bond acceptors (Lipinski definition) is 2. The van der Waals surface area contributed by atoms with Crippen molar-refractivity contribution >= 4 is 0 Å². The van der Waals surface area contributed by atoms with Crippen molar-refractivity contribution < 1.29 is 0 Å². The number of aromatic nitrogens is 2. The number of rotatable bonds is 6. The van der Waals surface area contributed by atoms with Crippen molar-refractivity contribution in [2.24, 2.45) is 0 Å². The lowest BCUT2D eigenvalue weighted by Crippen LogP contribution is -1.95. The lowest BCUT2D eigenvalue weighted by atomic mass is 9.95. The van der Waals surface area contributed by atoms with Crippen LogP contribution in [0.2, 0.25) is 0 Å². The molecule has 0 unspecified atom stereocenters. The molecule has 198 valence electrons. The van der Waals surface area contributed by atoms with Crippen molar-refractivity contribution in [3.8, 4) is 67.3 Å². The van der Waals surface area contributed by atoms with Gasteiger partial charge in [0, 0.05) is 16.7 Å². The molecule has 7 rings (SSSR count). The summed E-state index contributed by atoms with van der Waals surface area (Å²) in [6.45, 7) is 0. The van der Waals surface area contributed by atoms with Gasteiger partial charge in [0.15, 0.2) is 5.82 Å². The second-order valence-electron chi connectivity index (χ2n) is 10.3. The molecule has 0 saturated heterocycles. The summed E-state index contributed by atoms with van der Waals surface area (Å²) < 4.78 is 0. The van der Waals surface area contributed by atoms with Crippen LogP contribution >= 0.6 is 0 Å². The highest BCUT2D eigenvalue weighted by atomic mass is 14.9. The van der Waals surface area contributed by atoms with Crippen LogP contribution in [0.25, 0.3) is 67.3 Å². The molecule has 42 heavy (non-hydrogen) atoms. The Bertz CT molecular complexity index is 1890. The van der Waals surface area contributed by atoms with Crippen molar-refractivity contribution in [2.45, 2.75) is 0 Å². The van der Waals surface area contributed by atoms with Gasteiger partial charge in [0.1, 0.15) is 0 Å². The molecule has 0 aliphatic heterocycles. The van der Waals surface area contributed by atoms with E-state index in [4.69, 9.17) is 9.97 Å². The molecule has 0 fully saturated rings. The lowest BCUT2D eigenvalue weighted by molar-refractivity contribution is 1.18. The quantitative estimate of drug-likeness (QED) is 0.211. The highest BCUT2D eigenvalue weighted by Gasteiger charge is 2.11. The maximum atomic E-state index is 4.98. The first-order valence-corrected chi connectivity index (χ1v) is 14.2. The molecule has 1 aromatic heterocycles. The van der Waals surface area contributed by atoms with Crippen LogP contribution in [0.3, 0.4) is 0 Å². The zero-order chi connectivity index (χ0) is 28.1. The van der Waals surface area contributed by atoms with Gasteiger partial charge < -0.3 is 0 Å². The van der Waals surface area contributed by atoms with Gasteiger partial charge in [0.2, 0.25) is 0 Å². The van der Waals surface area contributed by atoms with Gasteiger partial charge in [-0.05, 0) is 51.6 Å². The van der Waals surface area contributed by atoms with E-state index in [1.54, 1.807) is 0 Å². The molecule has 0 saturated carbocycles. The minimum absolute atomic E-state index is 0.724. The fraction of sp³-hybridized carbons (Fsp3) is 0. The maximum Gasteiger partial charge on any atom is 0.160 e.